The summed E-state index contributed by atoms with van der Waals surface area (Å²) in [4.78, 5) is 0.613. The van der Waals surface area contributed by atoms with E-state index in [1.807, 2.05) is 5.38 Å². The minimum Gasteiger partial charge on any atom is -0.207 e. The summed E-state index contributed by atoms with van der Waals surface area (Å²) in [5.74, 6) is -0.296. The van der Waals surface area contributed by atoms with Crippen LogP contribution >= 0.6 is 50.5 Å². The lowest BCUT2D eigenvalue weighted by molar-refractivity contribution is 0.614. The second kappa shape index (κ2) is 5.05. The van der Waals surface area contributed by atoms with Crippen LogP contribution in [0.4, 0.5) is 4.39 Å². The molecule has 1 aromatic carbocycles. The Morgan fingerprint density at radius 2 is 2.00 bits per heavy atom. The molecule has 5 heteroatoms. The van der Waals surface area contributed by atoms with Crippen molar-refractivity contribution < 1.29 is 4.39 Å². The Morgan fingerprint density at radius 3 is 2.62 bits per heavy atom. The second-order valence-corrected chi connectivity index (χ2v) is 5.87. The van der Waals surface area contributed by atoms with Crippen LogP contribution < -0.4 is 0 Å². The maximum atomic E-state index is 13.6. The van der Waals surface area contributed by atoms with Crippen LogP contribution in [0.15, 0.2) is 29.6 Å². The van der Waals surface area contributed by atoms with Crippen molar-refractivity contribution in [3.8, 4) is 0 Å². The smallest absolute Gasteiger partial charge is 0.128 e. The van der Waals surface area contributed by atoms with Crippen LogP contribution in [-0.4, -0.2) is 0 Å². The Balaban J connectivity index is 2.45. The van der Waals surface area contributed by atoms with Gasteiger partial charge in [0.1, 0.15) is 5.82 Å². The Morgan fingerprint density at radius 1 is 1.25 bits per heavy atom. The highest BCUT2D eigenvalue weighted by Gasteiger charge is 2.18. The van der Waals surface area contributed by atoms with Gasteiger partial charge in [0.05, 0.1) is 9.85 Å². The molecule has 0 N–H and O–H groups in total. The molecule has 0 radical (unpaired) electrons. The van der Waals surface area contributed by atoms with Crippen LogP contribution in [0.5, 0.6) is 0 Å². The highest BCUT2D eigenvalue weighted by atomic mass is 79.9. The summed E-state index contributed by atoms with van der Waals surface area (Å²) < 4.78 is 13.6. The van der Waals surface area contributed by atoms with E-state index in [1.165, 1.54) is 23.5 Å². The topological polar surface area (TPSA) is 0 Å². The zero-order valence-corrected chi connectivity index (χ0v) is 11.8. The van der Waals surface area contributed by atoms with Crippen molar-refractivity contribution in [3.63, 3.8) is 0 Å². The summed E-state index contributed by atoms with van der Waals surface area (Å²) in [6, 6.07) is 6.27. The molecule has 84 valence electrons. The molecule has 0 aliphatic carbocycles. The van der Waals surface area contributed by atoms with E-state index in [1.54, 1.807) is 12.1 Å². The van der Waals surface area contributed by atoms with E-state index in [9.17, 15) is 4.39 Å². The van der Waals surface area contributed by atoms with Gasteiger partial charge in [-0.15, -0.1) is 11.3 Å². The fraction of sp³-hybridized carbons (Fsp3) is 0.0909. The molecule has 16 heavy (non-hydrogen) atoms. The van der Waals surface area contributed by atoms with Crippen molar-refractivity contribution in [2.24, 2.45) is 0 Å². The first-order valence-electron chi connectivity index (χ1n) is 4.41. The van der Waals surface area contributed by atoms with E-state index < -0.39 is 0 Å². The van der Waals surface area contributed by atoms with E-state index in [2.05, 4.69) is 15.9 Å². The predicted molar refractivity (Wildman–Crippen MR) is 71.5 cm³/mol. The first-order valence-corrected chi connectivity index (χ1v) is 6.96. The van der Waals surface area contributed by atoms with E-state index in [-0.39, 0.29) is 10.6 Å². The van der Waals surface area contributed by atoms with Gasteiger partial charge in [-0.05, 0) is 29.6 Å². The lowest BCUT2D eigenvalue weighted by atomic mass is 10.1. The normalized spacial score (nSPS) is 12.8. The van der Waals surface area contributed by atoms with Crippen molar-refractivity contribution in [3.05, 3.63) is 55.9 Å². The van der Waals surface area contributed by atoms with Gasteiger partial charge < -0.3 is 0 Å². The fourth-order valence-corrected chi connectivity index (χ4v) is 3.73. The molecule has 2 aromatic rings. The maximum absolute atomic E-state index is 13.6. The third kappa shape index (κ3) is 2.43. The molecule has 0 spiro atoms. The number of hydrogen-bond acceptors (Lipinski definition) is 1. The molecule has 0 nitrogen and oxygen atoms in total. The molecule has 0 saturated heterocycles. The Bertz CT molecular complexity index is 512. The highest BCUT2D eigenvalue weighted by Crippen LogP contribution is 2.40. The molecule has 0 fully saturated rings. The SMILES string of the molecule is Fc1ccc(Cl)cc1C(Br)c1sccc1Cl. The van der Waals surface area contributed by atoms with Crippen LogP contribution in [0.25, 0.3) is 0 Å². The number of benzene rings is 1. The third-order valence-electron chi connectivity index (χ3n) is 2.11. The molecule has 2 rings (SSSR count). The van der Waals surface area contributed by atoms with Gasteiger partial charge in [0.15, 0.2) is 0 Å². The lowest BCUT2D eigenvalue weighted by Crippen LogP contribution is -1.94. The van der Waals surface area contributed by atoms with Gasteiger partial charge in [-0.2, -0.15) is 0 Å². The molecule has 1 unspecified atom stereocenters. The molecule has 1 heterocycles. The second-order valence-electron chi connectivity index (χ2n) is 3.16. The first kappa shape index (κ1) is 12.4. The minimum atomic E-state index is -0.296. The van der Waals surface area contributed by atoms with Gasteiger partial charge >= 0.3 is 0 Å². The highest BCUT2D eigenvalue weighted by molar-refractivity contribution is 9.09. The number of rotatable bonds is 2. The molecule has 0 amide bonds. The van der Waals surface area contributed by atoms with Gasteiger partial charge in [-0.3, -0.25) is 0 Å². The fourth-order valence-electron chi connectivity index (χ4n) is 1.34. The lowest BCUT2D eigenvalue weighted by Gasteiger charge is -2.10. The Kier molecular flexibility index (Phi) is 3.90. The van der Waals surface area contributed by atoms with Crippen LogP contribution in [0.2, 0.25) is 10.0 Å². The monoisotopic (exact) mass is 338 g/mol. The number of alkyl halides is 1. The molecule has 0 aliphatic heterocycles. The summed E-state index contributed by atoms with van der Waals surface area (Å²) in [6.07, 6.45) is 0. The first-order chi connectivity index (χ1) is 7.59. The number of thiophene rings is 1. The maximum Gasteiger partial charge on any atom is 0.128 e. The van der Waals surface area contributed by atoms with Crippen LogP contribution in [0.1, 0.15) is 15.3 Å². The molecule has 1 aromatic heterocycles. The molecule has 0 bridgehead atoms. The molecular formula is C11H6BrCl2FS. The van der Waals surface area contributed by atoms with Crippen molar-refractivity contribution in [2.75, 3.05) is 0 Å². The Hall–Kier alpha value is -0.0900. The van der Waals surface area contributed by atoms with E-state index >= 15 is 0 Å². The minimum absolute atomic E-state index is 0.265. The van der Waals surface area contributed by atoms with E-state index in [0.29, 0.717) is 15.6 Å². The molecular weight excluding hydrogens is 334 g/mol. The van der Waals surface area contributed by atoms with Crippen LogP contribution in [0, 0.1) is 5.82 Å². The van der Waals surface area contributed by atoms with Gasteiger partial charge in [0, 0.05) is 15.5 Å². The van der Waals surface area contributed by atoms with Crippen molar-refractivity contribution in [2.45, 2.75) is 4.83 Å². The summed E-state index contributed by atoms with van der Waals surface area (Å²) >= 11 is 16.8. The largest absolute Gasteiger partial charge is 0.207 e. The van der Waals surface area contributed by atoms with Gasteiger partial charge in [0.2, 0.25) is 0 Å². The summed E-state index contributed by atoms with van der Waals surface area (Å²) in [7, 11) is 0. The summed E-state index contributed by atoms with van der Waals surface area (Å²) in [5, 5.41) is 3.01. The summed E-state index contributed by atoms with van der Waals surface area (Å²) in [5.41, 5.74) is 0.497. The van der Waals surface area contributed by atoms with Gasteiger partial charge in [0.25, 0.3) is 0 Å². The van der Waals surface area contributed by atoms with Crippen molar-refractivity contribution in [1.29, 1.82) is 0 Å². The van der Waals surface area contributed by atoms with Crippen molar-refractivity contribution >= 4 is 50.5 Å². The third-order valence-corrected chi connectivity index (χ3v) is 5.02. The quantitative estimate of drug-likeness (QED) is 0.617. The number of halogens is 4. The van der Waals surface area contributed by atoms with Gasteiger partial charge in [-0.1, -0.05) is 39.1 Å². The number of hydrogen-bond donors (Lipinski definition) is 0. The zero-order chi connectivity index (χ0) is 11.7. The van der Waals surface area contributed by atoms with Crippen LogP contribution in [-0.2, 0) is 0 Å². The van der Waals surface area contributed by atoms with Gasteiger partial charge in [-0.25, -0.2) is 4.39 Å². The van der Waals surface area contributed by atoms with Crippen LogP contribution in [0.3, 0.4) is 0 Å². The average molecular weight is 340 g/mol. The Labute approximate surface area is 115 Å². The van der Waals surface area contributed by atoms with E-state index in [4.69, 9.17) is 23.2 Å². The predicted octanol–water partition coefficient (Wildman–Crippen LogP) is 5.68. The standard InChI is InChI=1S/C11H6BrCl2FS/c12-10(11-8(14)3-4-16-11)7-5-6(13)1-2-9(7)15/h1-5,10H. The van der Waals surface area contributed by atoms with Crippen molar-refractivity contribution in [1.82, 2.24) is 0 Å². The molecule has 1 atom stereocenters. The summed E-state index contributed by atoms with van der Waals surface area (Å²) in [6.45, 7) is 0. The van der Waals surface area contributed by atoms with E-state index in [0.717, 1.165) is 4.88 Å². The molecule has 0 saturated carbocycles. The zero-order valence-electron chi connectivity index (χ0n) is 7.88. The molecule has 0 aliphatic rings. The average Bonchev–Trinajstić information content (AvgIpc) is 2.67.